The predicted octanol–water partition coefficient (Wildman–Crippen LogP) is 0.837. The van der Waals surface area contributed by atoms with E-state index in [9.17, 15) is 0 Å². The Morgan fingerprint density at radius 1 is 1.88 bits per heavy atom. The molecule has 0 aliphatic rings. The summed E-state index contributed by atoms with van der Waals surface area (Å²) < 4.78 is 0. The number of aliphatic hydroxyl groups excluding tert-OH is 1. The number of rotatable bonds is 3. The lowest BCUT2D eigenvalue weighted by molar-refractivity contribution is 0.221. The Kier molecular flexibility index (Phi) is 3.91. The summed E-state index contributed by atoms with van der Waals surface area (Å²) in [6, 6.07) is 1.71. The SMILES string of the molecule is C=CCC[C@@H](O)C#N. The molecule has 0 aromatic heterocycles. The fourth-order valence-electron chi connectivity index (χ4n) is 0.340. The van der Waals surface area contributed by atoms with E-state index in [4.69, 9.17) is 10.4 Å². The van der Waals surface area contributed by atoms with Gasteiger partial charge in [0.2, 0.25) is 0 Å². The molecule has 8 heavy (non-hydrogen) atoms. The van der Waals surface area contributed by atoms with Gasteiger partial charge < -0.3 is 5.11 Å². The fourth-order valence-corrected chi connectivity index (χ4v) is 0.340. The van der Waals surface area contributed by atoms with Crippen molar-refractivity contribution < 1.29 is 5.11 Å². The smallest absolute Gasteiger partial charge is 0.140 e. The molecule has 0 fully saturated rings. The van der Waals surface area contributed by atoms with E-state index in [2.05, 4.69) is 6.58 Å². The van der Waals surface area contributed by atoms with Crippen LogP contribution in [0.25, 0.3) is 0 Å². The summed E-state index contributed by atoms with van der Waals surface area (Å²) in [6.07, 6.45) is 2.07. The Morgan fingerprint density at radius 2 is 2.50 bits per heavy atom. The summed E-state index contributed by atoms with van der Waals surface area (Å²) in [7, 11) is 0. The van der Waals surface area contributed by atoms with E-state index in [-0.39, 0.29) is 0 Å². The van der Waals surface area contributed by atoms with Crippen molar-refractivity contribution >= 4 is 0 Å². The largest absolute Gasteiger partial charge is 0.378 e. The van der Waals surface area contributed by atoms with Crippen LogP contribution in [0.1, 0.15) is 12.8 Å². The molecule has 0 bridgehead atoms. The third-order valence-electron chi connectivity index (χ3n) is 0.793. The fraction of sp³-hybridized carbons (Fsp3) is 0.500. The van der Waals surface area contributed by atoms with Crippen molar-refractivity contribution in [2.75, 3.05) is 0 Å². The molecule has 0 spiro atoms. The summed E-state index contributed by atoms with van der Waals surface area (Å²) in [5, 5.41) is 16.6. The van der Waals surface area contributed by atoms with Gasteiger partial charge in [0.15, 0.2) is 0 Å². The minimum absolute atomic E-state index is 0.500. The molecule has 1 atom stereocenters. The van der Waals surface area contributed by atoms with Crippen LogP contribution in [0, 0.1) is 11.3 Å². The summed E-state index contributed by atoms with van der Waals surface area (Å²) in [5.74, 6) is 0. The zero-order valence-electron chi connectivity index (χ0n) is 4.67. The average molecular weight is 111 g/mol. The van der Waals surface area contributed by atoms with Crippen LogP contribution in [0.2, 0.25) is 0 Å². The van der Waals surface area contributed by atoms with Crippen LogP contribution < -0.4 is 0 Å². The van der Waals surface area contributed by atoms with E-state index >= 15 is 0 Å². The third-order valence-corrected chi connectivity index (χ3v) is 0.793. The first-order valence-electron chi connectivity index (χ1n) is 2.50. The Hall–Kier alpha value is -0.810. The molecular formula is C6H9NO. The van der Waals surface area contributed by atoms with E-state index in [0.29, 0.717) is 12.8 Å². The number of aliphatic hydroxyl groups is 1. The molecule has 0 aromatic rings. The molecule has 0 rings (SSSR count). The molecule has 1 N–H and O–H groups in total. The van der Waals surface area contributed by atoms with Gasteiger partial charge in [-0.25, -0.2) is 0 Å². The van der Waals surface area contributed by atoms with Crippen molar-refractivity contribution in [2.24, 2.45) is 0 Å². The van der Waals surface area contributed by atoms with Gasteiger partial charge in [-0.2, -0.15) is 5.26 Å². The summed E-state index contributed by atoms with van der Waals surface area (Å²) in [4.78, 5) is 0. The lowest BCUT2D eigenvalue weighted by atomic mass is 10.2. The molecule has 0 heterocycles. The summed E-state index contributed by atoms with van der Waals surface area (Å²) >= 11 is 0. The van der Waals surface area contributed by atoms with E-state index in [0.717, 1.165) is 0 Å². The van der Waals surface area contributed by atoms with Gasteiger partial charge in [-0.05, 0) is 12.8 Å². The van der Waals surface area contributed by atoms with Crippen LogP contribution in [-0.4, -0.2) is 11.2 Å². The zero-order chi connectivity index (χ0) is 6.41. The molecule has 44 valence electrons. The Balaban J connectivity index is 3.14. The number of nitrogens with zero attached hydrogens (tertiary/aromatic N) is 1. The van der Waals surface area contributed by atoms with Crippen LogP contribution >= 0.6 is 0 Å². The zero-order valence-corrected chi connectivity index (χ0v) is 4.67. The van der Waals surface area contributed by atoms with Crippen molar-refractivity contribution in [2.45, 2.75) is 18.9 Å². The molecule has 2 nitrogen and oxygen atoms in total. The second-order valence-corrected chi connectivity index (χ2v) is 1.51. The number of allylic oxidation sites excluding steroid dienone is 1. The molecule has 0 radical (unpaired) electrons. The molecule has 0 saturated heterocycles. The first-order valence-corrected chi connectivity index (χ1v) is 2.50. The number of nitriles is 1. The van der Waals surface area contributed by atoms with Gasteiger partial charge in [-0.1, -0.05) is 6.08 Å². The molecule has 2 heteroatoms. The maximum atomic E-state index is 8.58. The minimum Gasteiger partial charge on any atom is -0.378 e. The quantitative estimate of drug-likeness (QED) is 0.433. The highest BCUT2D eigenvalue weighted by atomic mass is 16.3. The predicted molar refractivity (Wildman–Crippen MR) is 31.1 cm³/mol. The van der Waals surface area contributed by atoms with Crippen LogP contribution in [-0.2, 0) is 0 Å². The van der Waals surface area contributed by atoms with Crippen LogP contribution in [0.5, 0.6) is 0 Å². The van der Waals surface area contributed by atoms with Crippen molar-refractivity contribution in [1.29, 1.82) is 5.26 Å². The first kappa shape index (κ1) is 7.19. The van der Waals surface area contributed by atoms with Gasteiger partial charge in [-0.3, -0.25) is 0 Å². The van der Waals surface area contributed by atoms with Crippen molar-refractivity contribution in [3.8, 4) is 6.07 Å². The maximum Gasteiger partial charge on any atom is 0.140 e. The Labute approximate surface area is 49.1 Å². The van der Waals surface area contributed by atoms with E-state index in [1.165, 1.54) is 0 Å². The Morgan fingerprint density at radius 3 is 2.88 bits per heavy atom. The van der Waals surface area contributed by atoms with Crippen molar-refractivity contribution in [1.82, 2.24) is 0 Å². The van der Waals surface area contributed by atoms with Crippen LogP contribution in [0.3, 0.4) is 0 Å². The molecular weight excluding hydrogens is 102 g/mol. The van der Waals surface area contributed by atoms with Gasteiger partial charge in [0, 0.05) is 0 Å². The number of hydrogen-bond donors (Lipinski definition) is 1. The molecule has 0 aliphatic carbocycles. The van der Waals surface area contributed by atoms with Gasteiger partial charge in [0.25, 0.3) is 0 Å². The third kappa shape index (κ3) is 3.38. The van der Waals surface area contributed by atoms with E-state index in [1.807, 2.05) is 0 Å². The molecule has 0 unspecified atom stereocenters. The highest BCUT2D eigenvalue weighted by Crippen LogP contribution is 1.94. The van der Waals surface area contributed by atoms with E-state index < -0.39 is 6.10 Å². The first-order chi connectivity index (χ1) is 3.81. The average Bonchev–Trinajstić information content (AvgIpc) is 1.83. The lowest BCUT2D eigenvalue weighted by Crippen LogP contribution is -1.99. The molecule has 0 saturated carbocycles. The number of hydrogen-bond acceptors (Lipinski definition) is 2. The lowest BCUT2D eigenvalue weighted by Gasteiger charge is -1.93. The highest BCUT2D eigenvalue weighted by Gasteiger charge is 1.95. The topological polar surface area (TPSA) is 44.0 Å². The summed E-state index contributed by atoms with van der Waals surface area (Å²) in [6.45, 7) is 3.45. The normalized spacial score (nSPS) is 12.0. The van der Waals surface area contributed by atoms with Crippen molar-refractivity contribution in [3.05, 3.63) is 12.7 Å². The van der Waals surface area contributed by atoms with Gasteiger partial charge >= 0.3 is 0 Å². The van der Waals surface area contributed by atoms with Gasteiger partial charge in [0.1, 0.15) is 6.10 Å². The standard InChI is InChI=1S/C6H9NO/c1-2-3-4-6(8)5-7/h2,6,8H,1,3-4H2/t6-/m1/s1. The molecule has 0 aliphatic heterocycles. The van der Waals surface area contributed by atoms with Gasteiger partial charge in [-0.15, -0.1) is 6.58 Å². The van der Waals surface area contributed by atoms with Gasteiger partial charge in [0.05, 0.1) is 6.07 Å². The van der Waals surface area contributed by atoms with Crippen LogP contribution in [0.4, 0.5) is 0 Å². The molecule has 0 amide bonds. The van der Waals surface area contributed by atoms with Crippen LogP contribution in [0.15, 0.2) is 12.7 Å². The Bertz CT molecular complexity index is 104. The maximum absolute atomic E-state index is 8.58. The van der Waals surface area contributed by atoms with Crippen molar-refractivity contribution in [3.63, 3.8) is 0 Å². The second kappa shape index (κ2) is 4.35. The summed E-state index contributed by atoms with van der Waals surface area (Å²) in [5.41, 5.74) is 0. The van der Waals surface area contributed by atoms with E-state index in [1.54, 1.807) is 12.1 Å². The second-order valence-electron chi connectivity index (χ2n) is 1.51. The monoisotopic (exact) mass is 111 g/mol. The highest BCUT2D eigenvalue weighted by molar-refractivity contribution is 4.83. The minimum atomic E-state index is -0.812. The molecule has 0 aromatic carbocycles.